The largest absolute Gasteiger partial charge is 0.370 e. The molecule has 1 rings (SSSR count). The van der Waals surface area contributed by atoms with Crippen LogP contribution in [0.25, 0.3) is 0 Å². The smallest absolute Gasteiger partial charge is 0.248 e. The van der Waals surface area contributed by atoms with E-state index in [-0.39, 0.29) is 5.91 Å². The van der Waals surface area contributed by atoms with Gasteiger partial charge < -0.3 is 16.8 Å². The molecule has 0 atom stereocenters. The van der Waals surface area contributed by atoms with Crippen molar-refractivity contribution in [2.24, 2.45) is 11.5 Å². The second-order valence-corrected chi connectivity index (χ2v) is 3.81. The predicted molar refractivity (Wildman–Crippen MR) is 65.1 cm³/mol. The summed E-state index contributed by atoms with van der Waals surface area (Å²) in [6.45, 7) is 1.35. The van der Waals surface area contributed by atoms with Gasteiger partial charge in [-0.2, -0.15) is 0 Å². The number of nitrogens with one attached hydrogen (secondary N) is 1. The molecule has 5 heteroatoms. The van der Waals surface area contributed by atoms with E-state index in [1.807, 2.05) is 6.07 Å². The molecule has 0 bridgehead atoms. The second kappa shape index (κ2) is 6.65. The lowest BCUT2D eigenvalue weighted by molar-refractivity contribution is -0.118. The normalized spacial score (nSPS) is 10.1. The quantitative estimate of drug-likeness (QED) is 0.586. The third kappa shape index (κ3) is 5.12. The van der Waals surface area contributed by atoms with E-state index in [4.69, 9.17) is 11.5 Å². The molecule has 0 aliphatic rings. The summed E-state index contributed by atoms with van der Waals surface area (Å²) in [6, 6.07) is 7.14. The van der Waals surface area contributed by atoms with Crippen molar-refractivity contribution in [3.63, 3.8) is 0 Å². The summed E-state index contributed by atoms with van der Waals surface area (Å²) in [5, 5.41) is 3.16. The first-order valence-electron chi connectivity index (χ1n) is 5.47. The van der Waals surface area contributed by atoms with Crippen molar-refractivity contribution in [3.05, 3.63) is 35.4 Å². The minimum Gasteiger partial charge on any atom is -0.370 e. The molecule has 0 saturated heterocycles. The van der Waals surface area contributed by atoms with Crippen LogP contribution in [0, 0.1) is 0 Å². The Bertz CT molecular complexity index is 404. The molecule has 1 aromatic rings. The Morgan fingerprint density at radius 1 is 1.24 bits per heavy atom. The van der Waals surface area contributed by atoms with E-state index in [0.29, 0.717) is 31.5 Å². The fourth-order valence-electron chi connectivity index (χ4n) is 1.45. The highest BCUT2D eigenvalue weighted by Gasteiger charge is 2.01. The molecule has 2 amide bonds. The van der Waals surface area contributed by atoms with Gasteiger partial charge in [-0.1, -0.05) is 12.1 Å². The highest BCUT2D eigenvalue weighted by atomic mass is 16.1. The van der Waals surface area contributed by atoms with Gasteiger partial charge in [0, 0.05) is 18.5 Å². The zero-order valence-corrected chi connectivity index (χ0v) is 9.61. The third-order valence-electron chi connectivity index (χ3n) is 2.32. The molecule has 0 unspecified atom stereocenters. The molecule has 1 aromatic carbocycles. The van der Waals surface area contributed by atoms with Crippen molar-refractivity contribution in [3.8, 4) is 0 Å². The summed E-state index contributed by atoms with van der Waals surface area (Å²) >= 11 is 0. The molecule has 0 fully saturated rings. The summed E-state index contributed by atoms with van der Waals surface area (Å²) < 4.78 is 0. The fraction of sp³-hybridized carbons (Fsp3) is 0.333. The SMILES string of the molecule is NC(=O)CCCNCc1cccc(C(N)=O)c1. The summed E-state index contributed by atoms with van der Waals surface area (Å²) in [6.07, 6.45) is 1.10. The molecule has 0 aliphatic heterocycles. The monoisotopic (exact) mass is 235 g/mol. The number of carbonyl (C=O) groups is 2. The van der Waals surface area contributed by atoms with Crippen molar-refractivity contribution in [2.45, 2.75) is 19.4 Å². The maximum Gasteiger partial charge on any atom is 0.248 e. The van der Waals surface area contributed by atoms with Gasteiger partial charge in [-0.15, -0.1) is 0 Å². The fourth-order valence-corrected chi connectivity index (χ4v) is 1.45. The lowest BCUT2D eigenvalue weighted by atomic mass is 10.1. The van der Waals surface area contributed by atoms with Crippen LogP contribution < -0.4 is 16.8 Å². The van der Waals surface area contributed by atoms with E-state index in [0.717, 1.165) is 5.56 Å². The molecule has 0 spiro atoms. The van der Waals surface area contributed by atoms with Gasteiger partial charge in [-0.05, 0) is 30.7 Å². The first-order valence-corrected chi connectivity index (χ1v) is 5.47. The number of carbonyl (C=O) groups excluding carboxylic acids is 2. The van der Waals surface area contributed by atoms with E-state index in [1.165, 1.54) is 0 Å². The van der Waals surface area contributed by atoms with Crippen molar-refractivity contribution in [1.82, 2.24) is 5.32 Å². The van der Waals surface area contributed by atoms with E-state index >= 15 is 0 Å². The van der Waals surface area contributed by atoms with Crippen LogP contribution >= 0.6 is 0 Å². The number of amides is 2. The van der Waals surface area contributed by atoms with Crippen LogP contribution in [-0.4, -0.2) is 18.4 Å². The molecule has 0 saturated carbocycles. The Kier molecular flexibility index (Phi) is 5.16. The lowest BCUT2D eigenvalue weighted by Crippen LogP contribution is -2.18. The van der Waals surface area contributed by atoms with E-state index in [9.17, 15) is 9.59 Å². The number of hydrogen-bond donors (Lipinski definition) is 3. The molecule has 92 valence electrons. The topological polar surface area (TPSA) is 98.2 Å². The molecule has 0 aliphatic carbocycles. The standard InChI is InChI=1S/C12H17N3O2/c13-11(16)5-2-6-15-8-9-3-1-4-10(7-9)12(14)17/h1,3-4,7,15H,2,5-6,8H2,(H2,13,16)(H2,14,17). The van der Waals surface area contributed by atoms with Crippen LogP contribution in [0.2, 0.25) is 0 Å². The van der Waals surface area contributed by atoms with E-state index in [1.54, 1.807) is 18.2 Å². The number of primary amides is 2. The van der Waals surface area contributed by atoms with Gasteiger partial charge in [0.25, 0.3) is 0 Å². The van der Waals surface area contributed by atoms with Crippen LogP contribution in [0.4, 0.5) is 0 Å². The Labute approximate surface area is 100 Å². The number of hydrogen-bond acceptors (Lipinski definition) is 3. The molecular formula is C12H17N3O2. The number of rotatable bonds is 7. The molecule has 5 N–H and O–H groups in total. The summed E-state index contributed by atoms with van der Waals surface area (Å²) in [7, 11) is 0. The molecule has 0 heterocycles. The molecule has 17 heavy (non-hydrogen) atoms. The van der Waals surface area contributed by atoms with Crippen LogP contribution in [0.15, 0.2) is 24.3 Å². The molecular weight excluding hydrogens is 218 g/mol. The Morgan fingerprint density at radius 3 is 2.65 bits per heavy atom. The van der Waals surface area contributed by atoms with Crippen LogP contribution in [0.5, 0.6) is 0 Å². The zero-order chi connectivity index (χ0) is 12.7. The second-order valence-electron chi connectivity index (χ2n) is 3.81. The summed E-state index contributed by atoms with van der Waals surface area (Å²) in [4.78, 5) is 21.4. The Hall–Kier alpha value is -1.88. The molecule has 5 nitrogen and oxygen atoms in total. The van der Waals surface area contributed by atoms with Gasteiger partial charge in [0.05, 0.1) is 0 Å². The van der Waals surface area contributed by atoms with Gasteiger partial charge in [0.15, 0.2) is 0 Å². The first-order chi connectivity index (χ1) is 8.09. The summed E-state index contributed by atoms with van der Waals surface area (Å²) in [5.74, 6) is -0.719. The molecule has 0 radical (unpaired) electrons. The van der Waals surface area contributed by atoms with Crippen molar-refractivity contribution in [2.75, 3.05) is 6.54 Å². The maximum absolute atomic E-state index is 11.0. The van der Waals surface area contributed by atoms with Crippen molar-refractivity contribution < 1.29 is 9.59 Å². The molecule has 0 aromatic heterocycles. The Balaban J connectivity index is 2.34. The third-order valence-corrected chi connectivity index (χ3v) is 2.32. The Morgan fingerprint density at radius 2 is 2.00 bits per heavy atom. The average molecular weight is 235 g/mol. The number of benzene rings is 1. The highest BCUT2D eigenvalue weighted by Crippen LogP contribution is 2.04. The maximum atomic E-state index is 11.0. The number of nitrogens with two attached hydrogens (primary N) is 2. The predicted octanol–water partition coefficient (Wildman–Crippen LogP) is 0.141. The van der Waals surface area contributed by atoms with Crippen molar-refractivity contribution >= 4 is 11.8 Å². The lowest BCUT2D eigenvalue weighted by Gasteiger charge is -2.05. The van der Waals surface area contributed by atoms with Crippen LogP contribution in [-0.2, 0) is 11.3 Å². The average Bonchev–Trinajstić information content (AvgIpc) is 2.28. The minimum atomic E-state index is -0.430. The van der Waals surface area contributed by atoms with E-state index in [2.05, 4.69) is 5.32 Å². The van der Waals surface area contributed by atoms with Gasteiger partial charge in [0.1, 0.15) is 0 Å². The zero-order valence-electron chi connectivity index (χ0n) is 9.61. The van der Waals surface area contributed by atoms with Gasteiger partial charge in [-0.25, -0.2) is 0 Å². The van der Waals surface area contributed by atoms with Gasteiger partial charge in [0.2, 0.25) is 11.8 Å². The highest BCUT2D eigenvalue weighted by molar-refractivity contribution is 5.92. The van der Waals surface area contributed by atoms with Gasteiger partial charge >= 0.3 is 0 Å². The summed E-state index contributed by atoms with van der Waals surface area (Å²) in [5.41, 5.74) is 11.7. The van der Waals surface area contributed by atoms with E-state index < -0.39 is 5.91 Å². The van der Waals surface area contributed by atoms with Gasteiger partial charge in [-0.3, -0.25) is 9.59 Å². The van der Waals surface area contributed by atoms with Crippen LogP contribution in [0.3, 0.4) is 0 Å². The van der Waals surface area contributed by atoms with Crippen molar-refractivity contribution in [1.29, 1.82) is 0 Å². The minimum absolute atomic E-state index is 0.289. The first kappa shape index (κ1) is 13.2. The van der Waals surface area contributed by atoms with Crippen LogP contribution in [0.1, 0.15) is 28.8 Å².